The standard InChI is InChI=1S/C25H42O/c1-7-25(26)15-14-24(6)21-11-13-23(5)19(17(2)3)8-9-20(23)18(21)10-12-22(24,4)16-25/h18-21,26H,2,7-16H2,1,3-6H3/t18-,19+,20-,21-,22+,23+,24+,25-/m0/s1. The highest BCUT2D eigenvalue weighted by Crippen LogP contribution is 2.71. The molecule has 4 rings (SSSR count). The molecule has 1 nitrogen and oxygen atoms in total. The van der Waals surface area contributed by atoms with Crippen molar-refractivity contribution < 1.29 is 5.11 Å². The minimum atomic E-state index is -0.400. The Hall–Kier alpha value is -0.300. The summed E-state index contributed by atoms with van der Waals surface area (Å²) >= 11 is 0. The monoisotopic (exact) mass is 358 g/mol. The number of fused-ring (bicyclic) bond motifs is 5. The molecule has 0 aromatic rings. The van der Waals surface area contributed by atoms with E-state index < -0.39 is 5.60 Å². The third kappa shape index (κ3) is 2.38. The van der Waals surface area contributed by atoms with Crippen molar-refractivity contribution in [2.24, 2.45) is 39.9 Å². The highest BCUT2D eigenvalue weighted by molar-refractivity contribution is 5.17. The molecule has 26 heavy (non-hydrogen) atoms. The van der Waals surface area contributed by atoms with Gasteiger partial charge in [0.05, 0.1) is 5.60 Å². The van der Waals surface area contributed by atoms with Gasteiger partial charge in [-0.25, -0.2) is 0 Å². The van der Waals surface area contributed by atoms with E-state index in [4.69, 9.17) is 0 Å². The predicted octanol–water partition coefficient (Wildman–Crippen LogP) is 6.75. The molecule has 0 saturated heterocycles. The summed E-state index contributed by atoms with van der Waals surface area (Å²) in [6, 6.07) is 0. The first-order valence-corrected chi connectivity index (χ1v) is 11.5. The van der Waals surface area contributed by atoms with E-state index in [1.165, 1.54) is 50.5 Å². The summed E-state index contributed by atoms with van der Waals surface area (Å²) in [5.41, 5.74) is 2.31. The Morgan fingerprint density at radius 3 is 2.35 bits per heavy atom. The second-order valence-electron chi connectivity index (χ2n) is 11.7. The molecule has 8 atom stereocenters. The van der Waals surface area contributed by atoms with E-state index in [2.05, 4.69) is 41.2 Å². The summed E-state index contributed by atoms with van der Waals surface area (Å²) in [5.74, 6) is 3.47. The first kappa shape index (κ1) is 19.0. The van der Waals surface area contributed by atoms with Crippen molar-refractivity contribution >= 4 is 0 Å². The van der Waals surface area contributed by atoms with E-state index in [0.29, 0.717) is 16.2 Å². The number of rotatable bonds is 2. The maximum absolute atomic E-state index is 11.1. The lowest BCUT2D eigenvalue weighted by atomic mass is 9.39. The lowest BCUT2D eigenvalue weighted by molar-refractivity contribution is -0.192. The first-order valence-electron chi connectivity index (χ1n) is 11.5. The van der Waals surface area contributed by atoms with Gasteiger partial charge in [0.1, 0.15) is 0 Å². The van der Waals surface area contributed by atoms with Crippen molar-refractivity contribution in [3.8, 4) is 0 Å². The van der Waals surface area contributed by atoms with Crippen LogP contribution in [0.1, 0.15) is 98.8 Å². The van der Waals surface area contributed by atoms with Gasteiger partial charge < -0.3 is 5.11 Å². The van der Waals surface area contributed by atoms with Crippen molar-refractivity contribution in [2.75, 3.05) is 0 Å². The molecule has 0 amide bonds. The maximum Gasteiger partial charge on any atom is 0.0650 e. The Bertz CT molecular complexity index is 595. The van der Waals surface area contributed by atoms with Crippen molar-refractivity contribution in [1.29, 1.82) is 0 Å². The number of hydrogen-bond acceptors (Lipinski definition) is 1. The van der Waals surface area contributed by atoms with Gasteiger partial charge in [0.25, 0.3) is 0 Å². The Balaban J connectivity index is 1.64. The van der Waals surface area contributed by atoms with E-state index in [-0.39, 0.29) is 0 Å². The predicted molar refractivity (Wildman–Crippen MR) is 110 cm³/mol. The molecule has 4 fully saturated rings. The van der Waals surface area contributed by atoms with Crippen LogP contribution in [-0.2, 0) is 0 Å². The second-order valence-corrected chi connectivity index (χ2v) is 11.7. The quantitative estimate of drug-likeness (QED) is 0.541. The lowest BCUT2D eigenvalue weighted by Gasteiger charge is -2.66. The van der Waals surface area contributed by atoms with Crippen LogP contribution in [0, 0.1) is 39.9 Å². The molecule has 0 aromatic carbocycles. The van der Waals surface area contributed by atoms with Gasteiger partial charge in [0.2, 0.25) is 0 Å². The maximum atomic E-state index is 11.1. The number of hydrogen-bond donors (Lipinski definition) is 1. The molecule has 4 aliphatic rings. The lowest BCUT2D eigenvalue weighted by Crippen LogP contribution is -2.60. The van der Waals surface area contributed by atoms with E-state index in [9.17, 15) is 5.11 Å². The minimum Gasteiger partial charge on any atom is -0.390 e. The van der Waals surface area contributed by atoms with Gasteiger partial charge in [0.15, 0.2) is 0 Å². The summed E-state index contributed by atoms with van der Waals surface area (Å²) < 4.78 is 0. The SMILES string of the molecule is C=C(C)[C@H]1CC[C@H]2[C@@H]3CC[C@]4(C)C[C@](O)(CC)CC[C@]4(C)[C@H]3CC[C@]12C. The summed E-state index contributed by atoms with van der Waals surface area (Å²) in [4.78, 5) is 0. The van der Waals surface area contributed by atoms with Gasteiger partial charge in [-0.2, -0.15) is 0 Å². The van der Waals surface area contributed by atoms with Gasteiger partial charge in [-0.05, 0) is 111 Å². The van der Waals surface area contributed by atoms with E-state index in [0.717, 1.165) is 42.9 Å². The van der Waals surface area contributed by atoms with Crippen LogP contribution < -0.4 is 0 Å². The molecule has 0 aromatic heterocycles. The van der Waals surface area contributed by atoms with Crippen LogP contribution in [-0.4, -0.2) is 10.7 Å². The average molecular weight is 359 g/mol. The number of allylic oxidation sites excluding steroid dienone is 1. The fourth-order valence-corrected chi connectivity index (χ4v) is 8.90. The van der Waals surface area contributed by atoms with Crippen LogP contribution in [0.2, 0.25) is 0 Å². The van der Waals surface area contributed by atoms with Gasteiger partial charge in [-0.15, -0.1) is 0 Å². The molecule has 0 unspecified atom stereocenters. The third-order valence-corrected chi connectivity index (χ3v) is 10.7. The molecule has 0 heterocycles. The molecule has 4 aliphatic carbocycles. The molecule has 4 saturated carbocycles. The van der Waals surface area contributed by atoms with Gasteiger partial charge >= 0.3 is 0 Å². The van der Waals surface area contributed by atoms with Crippen LogP contribution >= 0.6 is 0 Å². The largest absolute Gasteiger partial charge is 0.390 e. The van der Waals surface area contributed by atoms with Crippen molar-refractivity contribution in [1.82, 2.24) is 0 Å². The average Bonchev–Trinajstić information content (AvgIpc) is 2.93. The molecule has 0 spiro atoms. The van der Waals surface area contributed by atoms with Crippen LogP contribution in [0.15, 0.2) is 12.2 Å². The molecular formula is C25H42O. The van der Waals surface area contributed by atoms with Crippen LogP contribution in [0.5, 0.6) is 0 Å². The van der Waals surface area contributed by atoms with Crippen LogP contribution in [0.25, 0.3) is 0 Å². The minimum absolute atomic E-state index is 0.331. The summed E-state index contributed by atoms with van der Waals surface area (Å²) in [5, 5.41) is 11.1. The Morgan fingerprint density at radius 2 is 1.69 bits per heavy atom. The van der Waals surface area contributed by atoms with Crippen LogP contribution in [0.4, 0.5) is 0 Å². The van der Waals surface area contributed by atoms with Crippen molar-refractivity contribution in [3.63, 3.8) is 0 Å². The van der Waals surface area contributed by atoms with E-state index in [1.54, 1.807) is 0 Å². The first-order chi connectivity index (χ1) is 12.1. The van der Waals surface area contributed by atoms with E-state index >= 15 is 0 Å². The zero-order chi connectivity index (χ0) is 19.0. The van der Waals surface area contributed by atoms with Crippen LogP contribution in [0.3, 0.4) is 0 Å². The summed E-state index contributed by atoms with van der Waals surface area (Å²) in [7, 11) is 0. The van der Waals surface area contributed by atoms with Crippen molar-refractivity contribution in [2.45, 2.75) is 104 Å². The Morgan fingerprint density at radius 1 is 0.962 bits per heavy atom. The highest BCUT2D eigenvalue weighted by atomic mass is 16.3. The summed E-state index contributed by atoms with van der Waals surface area (Å²) in [6.07, 6.45) is 12.6. The van der Waals surface area contributed by atoms with Gasteiger partial charge in [-0.3, -0.25) is 0 Å². The fraction of sp³-hybridized carbons (Fsp3) is 0.920. The Kier molecular flexibility index (Phi) is 4.28. The molecule has 0 radical (unpaired) electrons. The zero-order valence-corrected chi connectivity index (χ0v) is 18.0. The molecule has 148 valence electrons. The molecule has 1 heteroatoms. The molecule has 1 N–H and O–H groups in total. The van der Waals surface area contributed by atoms with E-state index in [1.807, 2.05) is 0 Å². The number of aliphatic hydroxyl groups is 1. The van der Waals surface area contributed by atoms with Crippen molar-refractivity contribution in [3.05, 3.63) is 12.2 Å². The molecule has 0 bridgehead atoms. The Labute approximate surface area is 162 Å². The third-order valence-electron chi connectivity index (χ3n) is 10.7. The molecule has 0 aliphatic heterocycles. The highest BCUT2D eigenvalue weighted by Gasteiger charge is 2.64. The van der Waals surface area contributed by atoms with Gasteiger partial charge in [0, 0.05) is 0 Å². The second kappa shape index (κ2) is 5.85. The summed E-state index contributed by atoms with van der Waals surface area (Å²) in [6.45, 7) is 16.6. The smallest absolute Gasteiger partial charge is 0.0650 e. The topological polar surface area (TPSA) is 20.2 Å². The zero-order valence-electron chi connectivity index (χ0n) is 18.0. The molecular weight excluding hydrogens is 316 g/mol. The fourth-order valence-electron chi connectivity index (χ4n) is 8.90. The normalized spacial score (nSPS) is 56.4. The van der Waals surface area contributed by atoms with Gasteiger partial charge in [-0.1, -0.05) is 39.8 Å².